The summed E-state index contributed by atoms with van der Waals surface area (Å²) in [5.41, 5.74) is 6.06. The minimum atomic E-state index is 0.635. The molecule has 0 aliphatic heterocycles. The van der Waals surface area contributed by atoms with E-state index in [4.69, 9.17) is 5.73 Å². The minimum absolute atomic E-state index is 0.635. The zero-order chi connectivity index (χ0) is 12.8. The number of nitrogens with two attached hydrogens (primary N) is 1. The molecule has 2 aliphatic rings. The van der Waals surface area contributed by atoms with Crippen molar-refractivity contribution in [3.63, 3.8) is 0 Å². The third-order valence-corrected chi connectivity index (χ3v) is 5.33. The Hall–Kier alpha value is -0.0800. The molecule has 0 saturated heterocycles. The van der Waals surface area contributed by atoms with Gasteiger partial charge in [0.1, 0.15) is 0 Å². The maximum atomic E-state index is 6.06. The summed E-state index contributed by atoms with van der Waals surface area (Å²) in [6.07, 6.45) is 15.7. The van der Waals surface area contributed by atoms with Crippen molar-refractivity contribution in [3.05, 3.63) is 0 Å². The molecule has 2 N–H and O–H groups in total. The molecule has 0 heterocycles. The van der Waals surface area contributed by atoms with Gasteiger partial charge in [-0.2, -0.15) is 0 Å². The molecule has 0 aromatic rings. The van der Waals surface area contributed by atoms with Gasteiger partial charge in [-0.1, -0.05) is 51.4 Å². The quantitative estimate of drug-likeness (QED) is 0.811. The Bertz CT molecular complexity index is 217. The summed E-state index contributed by atoms with van der Waals surface area (Å²) in [5, 5.41) is 0. The fourth-order valence-electron chi connectivity index (χ4n) is 4.02. The molecule has 0 bridgehead atoms. The fraction of sp³-hybridized carbons (Fsp3) is 1.00. The van der Waals surface area contributed by atoms with Gasteiger partial charge >= 0.3 is 0 Å². The van der Waals surface area contributed by atoms with Gasteiger partial charge in [-0.15, -0.1) is 0 Å². The molecule has 2 rings (SSSR count). The van der Waals surface area contributed by atoms with Crippen molar-refractivity contribution in [2.24, 2.45) is 11.7 Å². The topological polar surface area (TPSA) is 29.3 Å². The predicted molar refractivity (Wildman–Crippen MR) is 78.7 cm³/mol. The van der Waals surface area contributed by atoms with E-state index >= 15 is 0 Å². The average molecular weight is 252 g/mol. The van der Waals surface area contributed by atoms with E-state index in [-0.39, 0.29) is 0 Å². The Morgan fingerprint density at radius 1 is 0.944 bits per heavy atom. The van der Waals surface area contributed by atoms with Crippen LogP contribution in [0, 0.1) is 5.92 Å². The van der Waals surface area contributed by atoms with E-state index in [2.05, 4.69) is 11.9 Å². The monoisotopic (exact) mass is 252 g/mol. The Kier molecular flexibility index (Phi) is 5.97. The van der Waals surface area contributed by atoms with Crippen LogP contribution in [0.15, 0.2) is 0 Å². The van der Waals surface area contributed by atoms with Crippen molar-refractivity contribution in [1.29, 1.82) is 0 Å². The highest BCUT2D eigenvalue weighted by Gasteiger charge is 2.26. The van der Waals surface area contributed by atoms with Crippen LogP contribution in [-0.4, -0.2) is 30.6 Å². The normalized spacial score (nSPS) is 25.5. The lowest BCUT2D eigenvalue weighted by Crippen LogP contribution is -2.46. The van der Waals surface area contributed by atoms with E-state index in [0.717, 1.165) is 18.5 Å². The first-order chi connectivity index (χ1) is 8.81. The Labute approximate surface area is 113 Å². The van der Waals surface area contributed by atoms with Crippen LogP contribution in [0.4, 0.5) is 0 Å². The molecule has 1 atom stereocenters. The van der Waals surface area contributed by atoms with Crippen LogP contribution in [0.1, 0.15) is 70.6 Å². The first-order valence-corrected chi connectivity index (χ1v) is 8.23. The predicted octanol–water partition coefficient (Wildman–Crippen LogP) is 3.55. The molecular weight excluding hydrogens is 220 g/mol. The summed E-state index contributed by atoms with van der Waals surface area (Å²) < 4.78 is 0. The molecule has 0 spiro atoms. The highest BCUT2D eigenvalue weighted by molar-refractivity contribution is 4.82. The van der Waals surface area contributed by atoms with E-state index in [1.165, 1.54) is 70.6 Å². The van der Waals surface area contributed by atoms with Crippen molar-refractivity contribution in [2.75, 3.05) is 13.6 Å². The molecule has 0 aromatic heterocycles. The van der Waals surface area contributed by atoms with Gasteiger partial charge in [-0.3, -0.25) is 4.90 Å². The second-order valence-corrected chi connectivity index (χ2v) is 6.59. The number of hydrogen-bond donors (Lipinski definition) is 1. The fourth-order valence-corrected chi connectivity index (χ4v) is 4.02. The van der Waals surface area contributed by atoms with Crippen molar-refractivity contribution in [3.8, 4) is 0 Å². The smallest absolute Gasteiger partial charge is 0.0220 e. The summed E-state index contributed by atoms with van der Waals surface area (Å²) in [6, 6.07) is 1.45. The SMILES string of the molecule is CN(C1CCCCC1)C(CN)CC1CCCCC1. The van der Waals surface area contributed by atoms with Crippen molar-refractivity contribution < 1.29 is 0 Å². The molecule has 2 nitrogen and oxygen atoms in total. The van der Waals surface area contributed by atoms with Gasteiger partial charge in [0.25, 0.3) is 0 Å². The minimum Gasteiger partial charge on any atom is -0.329 e. The molecule has 2 saturated carbocycles. The molecular formula is C16H32N2. The van der Waals surface area contributed by atoms with Gasteiger partial charge in [-0.05, 0) is 32.2 Å². The van der Waals surface area contributed by atoms with Crippen molar-refractivity contribution in [1.82, 2.24) is 4.90 Å². The van der Waals surface area contributed by atoms with Crippen molar-refractivity contribution in [2.45, 2.75) is 82.7 Å². The van der Waals surface area contributed by atoms with Gasteiger partial charge in [0.2, 0.25) is 0 Å². The molecule has 106 valence electrons. The lowest BCUT2D eigenvalue weighted by molar-refractivity contribution is 0.116. The molecule has 0 amide bonds. The van der Waals surface area contributed by atoms with Crippen LogP contribution >= 0.6 is 0 Å². The van der Waals surface area contributed by atoms with Gasteiger partial charge in [0.05, 0.1) is 0 Å². The van der Waals surface area contributed by atoms with E-state index in [0.29, 0.717) is 6.04 Å². The largest absolute Gasteiger partial charge is 0.329 e. The molecule has 2 aliphatic carbocycles. The molecule has 2 fully saturated rings. The third-order valence-electron chi connectivity index (χ3n) is 5.33. The average Bonchev–Trinajstić information content (AvgIpc) is 2.46. The Morgan fingerprint density at radius 2 is 1.50 bits per heavy atom. The summed E-state index contributed by atoms with van der Waals surface area (Å²) in [5.74, 6) is 0.957. The van der Waals surface area contributed by atoms with Gasteiger partial charge < -0.3 is 5.73 Å². The van der Waals surface area contributed by atoms with Crippen LogP contribution in [0.5, 0.6) is 0 Å². The number of hydrogen-bond acceptors (Lipinski definition) is 2. The summed E-state index contributed by atoms with van der Waals surface area (Å²) >= 11 is 0. The van der Waals surface area contributed by atoms with Crippen LogP contribution in [0.3, 0.4) is 0 Å². The van der Waals surface area contributed by atoms with Crippen LogP contribution < -0.4 is 5.73 Å². The zero-order valence-corrected chi connectivity index (χ0v) is 12.2. The highest BCUT2D eigenvalue weighted by atomic mass is 15.2. The van der Waals surface area contributed by atoms with E-state index in [1.807, 2.05) is 0 Å². The molecule has 0 radical (unpaired) electrons. The lowest BCUT2D eigenvalue weighted by Gasteiger charge is -2.38. The Morgan fingerprint density at radius 3 is 2.06 bits per heavy atom. The number of likely N-dealkylation sites (N-methyl/N-ethyl adjacent to an activating group) is 1. The maximum Gasteiger partial charge on any atom is 0.0220 e. The lowest BCUT2D eigenvalue weighted by atomic mass is 9.83. The van der Waals surface area contributed by atoms with Gasteiger partial charge in [-0.25, -0.2) is 0 Å². The van der Waals surface area contributed by atoms with Crippen LogP contribution in [0.2, 0.25) is 0 Å². The third kappa shape index (κ3) is 3.96. The van der Waals surface area contributed by atoms with Crippen molar-refractivity contribution >= 4 is 0 Å². The second-order valence-electron chi connectivity index (χ2n) is 6.59. The van der Waals surface area contributed by atoms with Crippen LogP contribution in [0.25, 0.3) is 0 Å². The zero-order valence-electron chi connectivity index (χ0n) is 12.2. The molecule has 18 heavy (non-hydrogen) atoms. The van der Waals surface area contributed by atoms with Gasteiger partial charge in [0.15, 0.2) is 0 Å². The molecule has 2 heteroatoms. The number of nitrogens with zero attached hydrogens (tertiary/aromatic N) is 1. The van der Waals surface area contributed by atoms with E-state index < -0.39 is 0 Å². The second kappa shape index (κ2) is 7.49. The van der Waals surface area contributed by atoms with E-state index in [9.17, 15) is 0 Å². The first kappa shape index (κ1) is 14.3. The number of rotatable bonds is 5. The standard InChI is InChI=1S/C16H32N2/c1-18(15-10-6-3-7-11-15)16(13-17)12-14-8-4-2-5-9-14/h14-16H,2-13,17H2,1H3. The highest BCUT2D eigenvalue weighted by Crippen LogP contribution is 2.30. The maximum absolute atomic E-state index is 6.06. The Balaban J connectivity index is 1.81. The summed E-state index contributed by atoms with van der Waals surface area (Å²) in [7, 11) is 2.33. The first-order valence-electron chi connectivity index (χ1n) is 8.23. The van der Waals surface area contributed by atoms with Crippen LogP contribution in [-0.2, 0) is 0 Å². The molecule has 0 aromatic carbocycles. The summed E-state index contributed by atoms with van der Waals surface area (Å²) in [4.78, 5) is 2.63. The van der Waals surface area contributed by atoms with E-state index in [1.54, 1.807) is 0 Å². The van der Waals surface area contributed by atoms with Gasteiger partial charge in [0, 0.05) is 18.6 Å². The molecule has 1 unspecified atom stereocenters. The summed E-state index contributed by atoms with van der Waals surface area (Å²) in [6.45, 7) is 0.851.